The fraction of sp³-hybridized carbons (Fsp3) is 0.206. The van der Waals surface area contributed by atoms with Crippen molar-refractivity contribution in [2.24, 2.45) is 5.92 Å². The van der Waals surface area contributed by atoms with Crippen molar-refractivity contribution in [2.75, 3.05) is 0 Å². The zero-order valence-corrected chi connectivity index (χ0v) is 23.6. The van der Waals surface area contributed by atoms with Gasteiger partial charge in [-0.25, -0.2) is 14.4 Å². The zero-order chi connectivity index (χ0) is 28.9. The summed E-state index contributed by atoms with van der Waals surface area (Å²) in [4.78, 5) is 13.2. The first-order valence-corrected chi connectivity index (χ1v) is 13.9. The van der Waals surface area contributed by atoms with Gasteiger partial charge in [0, 0.05) is 28.2 Å². The number of aromatic amines is 2. The molecule has 0 spiro atoms. The number of aryl methyl sites for hydroxylation is 1. The van der Waals surface area contributed by atoms with Crippen molar-refractivity contribution in [1.82, 2.24) is 30.5 Å². The number of aromatic nitrogens is 5. The molecule has 0 amide bonds. The number of halogens is 1. The first-order valence-electron chi connectivity index (χ1n) is 13.9. The van der Waals surface area contributed by atoms with Crippen molar-refractivity contribution in [3.8, 4) is 11.5 Å². The molecule has 5 rings (SSSR count). The fourth-order valence-corrected chi connectivity index (χ4v) is 5.33. The lowest BCUT2D eigenvalue weighted by molar-refractivity contribution is 0.607. The molecule has 6 nitrogen and oxygen atoms in total. The van der Waals surface area contributed by atoms with Gasteiger partial charge in [0.2, 0.25) is 0 Å². The second-order valence-electron chi connectivity index (χ2n) is 10.2. The number of nitrogens with one attached hydrogen (secondary N) is 3. The van der Waals surface area contributed by atoms with E-state index in [2.05, 4.69) is 40.2 Å². The fourth-order valence-electron chi connectivity index (χ4n) is 5.33. The van der Waals surface area contributed by atoms with Crippen molar-refractivity contribution in [2.45, 2.75) is 39.5 Å². The molecular formula is C34H35FN6. The lowest BCUT2D eigenvalue weighted by Crippen LogP contribution is -2.16. The van der Waals surface area contributed by atoms with Gasteiger partial charge >= 0.3 is 0 Å². The van der Waals surface area contributed by atoms with Crippen molar-refractivity contribution in [1.29, 1.82) is 0 Å². The minimum atomic E-state index is -0.326. The van der Waals surface area contributed by atoms with Crippen LogP contribution >= 0.6 is 0 Å². The highest BCUT2D eigenvalue weighted by molar-refractivity contribution is 5.90. The summed E-state index contributed by atoms with van der Waals surface area (Å²) >= 11 is 0. The van der Waals surface area contributed by atoms with Gasteiger partial charge in [0.05, 0.1) is 16.9 Å². The van der Waals surface area contributed by atoms with E-state index < -0.39 is 0 Å². The Kier molecular flexibility index (Phi) is 8.24. The second kappa shape index (κ2) is 12.2. The Hall–Kier alpha value is -4.78. The Labute approximate surface area is 240 Å². The Balaban J connectivity index is 1.49. The molecule has 0 bridgehead atoms. The molecule has 1 fully saturated rings. The van der Waals surface area contributed by atoms with Gasteiger partial charge in [0.1, 0.15) is 11.3 Å². The molecule has 0 unspecified atom stereocenters. The number of hydrogen-bond acceptors (Lipinski definition) is 4. The third kappa shape index (κ3) is 5.75. The molecule has 0 atom stereocenters. The van der Waals surface area contributed by atoms with E-state index in [4.69, 9.17) is 9.97 Å². The van der Waals surface area contributed by atoms with Crippen LogP contribution in [0.3, 0.4) is 0 Å². The van der Waals surface area contributed by atoms with Gasteiger partial charge in [-0.1, -0.05) is 69.0 Å². The third-order valence-electron chi connectivity index (χ3n) is 7.51. The van der Waals surface area contributed by atoms with Crippen molar-refractivity contribution < 1.29 is 4.39 Å². The number of allylic oxidation sites excluding steroid dienone is 7. The average molecular weight is 547 g/mol. The normalized spacial score (nSPS) is 15.0. The Morgan fingerprint density at radius 3 is 2.59 bits per heavy atom. The minimum Gasteiger partial charge on any atom is -0.359 e. The van der Waals surface area contributed by atoms with Crippen molar-refractivity contribution in [3.63, 3.8) is 0 Å². The number of imidazole rings is 1. The van der Waals surface area contributed by atoms with Crippen LogP contribution in [0.2, 0.25) is 0 Å². The molecule has 0 saturated heterocycles. The SMILES string of the molecule is C=C/C=C(/c1ccccc1F)c1nc(-c2n[nH]c3ccc(C(/C=C(\C=C)NC(=C)C4CCCC4)=C/C)nc23)[nH]c1C. The van der Waals surface area contributed by atoms with E-state index in [0.717, 1.165) is 33.9 Å². The van der Waals surface area contributed by atoms with Gasteiger partial charge in [-0.3, -0.25) is 5.10 Å². The van der Waals surface area contributed by atoms with Crippen molar-refractivity contribution >= 4 is 22.2 Å². The Bertz CT molecular complexity index is 1710. The van der Waals surface area contributed by atoms with E-state index in [9.17, 15) is 4.39 Å². The highest BCUT2D eigenvalue weighted by Gasteiger charge is 2.21. The first-order chi connectivity index (χ1) is 19.9. The van der Waals surface area contributed by atoms with Crippen molar-refractivity contribution in [3.05, 3.63) is 126 Å². The maximum atomic E-state index is 14.7. The van der Waals surface area contributed by atoms with Gasteiger partial charge in [0.25, 0.3) is 0 Å². The van der Waals surface area contributed by atoms with Gasteiger partial charge < -0.3 is 10.3 Å². The van der Waals surface area contributed by atoms with Gasteiger partial charge in [-0.15, -0.1) is 0 Å². The van der Waals surface area contributed by atoms with Crippen LogP contribution in [-0.4, -0.2) is 25.1 Å². The molecule has 208 valence electrons. The number of nitrogens with zero attached hydrogens (tertiary/aromatic N) is 3. The lowest BCUT2D eigenvalue weighted by Gasteiger charge is -2.16. The number of fused-ring (bicyclic) bond motifs is 1. The molecule has 3 N–H and O–H groups in total. The third-order valence-corrected chi connectivity index (χ3v) is 7.51. The van der Waals surface area contributed by atoms with E-state index in [-0.39, 0.29) is 5.82 Å². The molecule has 3 aromatic heterocycles. The highest BCUT2D eigenvalue weighted by atomic mass is 19.1. The van der Waals surface area contributed by atoms with Crippen LogP contribution in [0.4, 0.5) is 4.39 Å². The molecule has 0 aliphatic heterocycles. The molecule has 1 saturated carbocycles. The van der Waals surface area contributed by atoms with Crippen LogP contribution in [0.25, 0.3) is 33.7 Å². The van der Waals surface area contributed by atoms with E-state index >= 15 is 0 Å². The monoisotopic (exact) mass is 546 g/mol. The molecule has 7 heteroatoms. The standard InChI is InChI=1S/C34H35FN6/c1-6-13-27(26-16-11-12-17-28(26)35)31-22(5)37-34(39-31)33-32-30(40-41-33)19-18-29(38-32)23(7-2)20-25(8-3)36-21(4)24-14-9-10-15-24/h6-8,11-13,16-20,24,36H,1,3-4,9-10,14-15H2,2,5H3,(H,37,39)(H,40,41)/b23-7+,25-20+,27-13-. The van der Waals surface area contributed by atoms with Crippen LogP contribution < -0.4 is 5.32 Å². The summed E-state index contributed by atoms with van der Waals surface area (Å²) < 4.78 is 14.7. The Morgan fingerprint density at radius 2 is 1.88 bits per heavy atom. The predicted octanol–water partition coefficient (Wildman–Crippen LogP) is 8.18. The summed E-state index contributed by atoms with van der Waals surface area (Å²) in [6.07, 6.45) is 14.1. The minimum absolute atomic E-state index is 0.326. The van der Waals surface area contributed by atoms with Gasteiger partial charge in [0.15, 0.2) is 11.5 Å². The molecule has 0 radical (unpaired) electrons. The topological polar surface area (TPSA) is 82.3 Å². The summed E-state index contributed by atoms with van der Waals surface area (Å²) in [5.41, 5.74) is 8.18. The molecule has 3 heterocycles. The summed E-state index contributed by atoms with van der Waals surface area (Å²) in [6, 6.07) is 10.6. The van der Waals surface area contributed by atoms with E-state index in [1.165, 1.54) is 31.7 Å². The quantitative estimate of drug-likeness (QED) is 0.175. The summed E-state index contributed by atoms with van der Waals surface area (Å²) in [7, 11) is 0. The number of hydrogen-bond donors (Lipinski definition) is 3. The van der Waals surface area contributed by atoms with Crippen LogP contribution in [0, 0.1) is 18.7 Å². The summed E-state index contributed by atoms with van der Waals surface area (Å²) in [5.74, 6) is 0.712. The van der Waals surface area contributed by atoms with E-state index in [1.807, 2.05) is 44.2 Å². The molecule has 4 aromatic rings. The van der Waals surface area contributed by atoms with Gasteiger partial charge in [-0.05, 0) is 68.5 Å². The molecule has 1 aromatic carbocycles. The van der Waals surface area contributed by atoms with Crippen LogP contribution in [-0.2, 0) is 0 Å². The highest BCUT2D eigenvalue weighted by Crippen LogP contribution is 2.32. The Morgan fingerprint density at radius 1 is 1.10 bits per heavy atom. The molecule has 41 heavy (non-hydrogen) atoms. The smallest absolute Gasteiger partial charge is 0.161 e. The van der Waals surface area contributed by atoms with Crippen LogP contribution in [0.5, 0.6) is 0 Å². The average Bonchev–Trinajstić information content (AvgIpc) is 3.74. The summed E-state index contributed by atoms with van der Waals surface area (Å²) in [5, 5.41) is 11.1. The van der Waals surface area contributed by atoms with Crippen LogP contribution in [0.1, 0.15) is 55.3 Å². The first kappa shape index (κ1) is 27.8. The van der Waals surface area contributed by atoms with E-state index in [1.54, 1.807) is 30.4 Å². The lowest BCUT2D eigenvalue weighted by atomic mass is 10.0. The second-order valence-corrected chi connectivity index (χ2v) is 10.2. The van der Waals surface area contributed by atoms with E-state index in [0.29, 0.717) is 39.8 Å². The molecular weight excluding hydrogens is 511 g/mol. The zero-order valence-electron chi connectivity index (χ0n) is 23.6. The number of H-pyrrole nitrogens is 2. The van der Waals surface area contributed by atoms with Gasteiger partial charge in [-0.2, -0.15) is 5.10 Å². The molecule has 1 aliphatic rings. The maximum Gasteiger partial charge on any atom is 0.161 e. The number of benzene rings is 1. The molecule has 1 aliphatic carbocycles. The maximum absolute atomic E-state index is 14.7. The largest absolute Gasteiger partial charge is 0.359 e. The number of pyridine rings is 1. The predicted molar refractivity (Wildman–Crippen MR) is 166 cm³/mol. The number of rotatable bonds is 10. The van der Waals surface area contributed by atoms with Crippen LogP contribution in [0.15, 0.2) is 97.9 Å². The summed E-state index contributed by atoms with van der Waals surface area (Å²) in [6.45, 7) is 16.0.